The number of ether oxygens (including phenoxy) is 1. The highest BCUT2D eigenvalue weighted by Crippen LogP contribution is 2.27. The van der Waals surface area contributed by atoms with Gasteiger partial charge in [0.2, 0.25) is 5.88 Å². The van der Waals surface area contributed by atoms with Gasteiger partial charge in [-0.05, 0) is 37.8 Å². The third-order valence-electron chi connectivity index (χ3n) is 3.42. The standard InChI is InChI=1S/C17H16N6OS/c1-10-5-4-6-12(7-10)24-15-8-14(20-11(2)21-15)23-16(19)13(9-18)17(22-23)25-3/h4-8H,19H2,1-3H3. The van der Waals surface area contributed by atoms with Crippen molar-refractivity contribution in [2.75, 3.05) is 12.0 Å². The van der Waals surface area contributed by atoms with E-state index >= 15 is 0 Å². The molecule has 2 N–H and O–H groups in total. The van der Waals surface area contributed by atoms with Gasteiger partial charge in [0.15, 0.2) is 5.82 Å². The number of aromatic nitrogens is 4. The summed E-state index contributed by atoms with van der Waals surface area (Å²) in [5.74, 6) is 2.27. The zero-order valence-corrected chi connectivity index (χ0v) is 14.8. The Kier molecular flexibility index (Phi) is 4.59. The number of thioether (sulfide) groups is 1. The molecule has 0 saturated heterocycles. The minimum absolute atomic E-state index is 0.242. The van der Waals surface area contributed by atoms with E-state index in [0.29, 0.717) is 33.9 Å². The van der Waals surface area contributed by atoms with Crippen LogP contribution in [0.25, 0.3) is 5.82 Å². The summed E-state index contributed by atoms with van der Waals surface area (Å²) in [5, 5.41) is 14.2. The first-order valence-corrected chi connectivity index (χ1v) is 8.67. The number of benzene rings is 1. The van der Waals surface area contributed by atoms with Crippen LogP contribution in [0.15, 0.2) is 35.4 Å². The maximum atomic E-state index is 9.27. The maximum absolute atomic E-state index is 9.27. The summed E-state index contributed by atoms with van der Waals surface area (Å²) in [6.45, 7) is 3.74. The third kappa shape index (κ3) is 3.41. The van der Waals surface area contributed by atoms with Gasteiger partial charge in [0.1, 0.15) is 34.1 Å². The average Bonchev–Trinajstić information content (AvgIpc) is 2.90. The van der Waals surface area contributed by atoms with E-state index in [-0.39, 0.29) is 5.82 Å². The largest absolute Gasteiger partial charge is 0.439 e. The van der Waals surface area contributed by atoms with Crippen molar-refractivity contribution in [3.05, 3.63) is 47.3 Å². The molecule has 3 aromatic rings. The molecule has 7 nitrogen and oxygen atoms in total. The zero-order valence-electron chi connectivity index (χ0n) is 14.0. The normalized spacial score (nSPS) is 10.5. The lowest BCUT2D eigenvalue weighted by Gasteiger charge is -2.09. The molecule has 0 aliphatic carbocycles. The number of hydrogen-bond donors (Lipinski definition) is 1. The molecule has 3 rings (SSSR count). The molecule has 0 amide bonds. The minimum atomic E-state index is 0.242. The second-order valence-corrected chi connectivity index (χ2v) is 6.12. The first kappa shape index (κ1) is 16.8. The number of nitrogens with two attached hydrogens (primary N) is 1. The molecule has 2 heterocycles. The Bertz CT molecular complexity index is 976. The van der Waals surface area contributed by atoms with Crippen molar-refractivity contribution in [3.8, 4) is 23.5 Å². The Hall–Kier alpha value is -3.05. The van der Waals surface area contributed by atoms with Gasteiger partial charge in [0, 0.05) is 6.07 Å². The average molecular weight is 352 g/mol. The van der Waals surface area contributed by atoms with Gasteiger partial charge in [0.25, 0.3) is 0 Å². The van der Waals surface area contributed by atoms with Crippen LogP contribution in [0.2, 0.25) is 0 Å². The van der Waals surface area contributed by atoms with E-state index in [2.05, 4.69) is 21.1 Å². The van der Waals surface area contributed by atoms with Gasteiger partial charge in [-0.15, -0.1) is 11.8 Å². The van der Waals surface area contributed by atoms with Gasteiger partial charge in [-0.1, -0.05) is 12.1 Å². The van der Waals surface area contributed by atoms with Gasteiger partial charge >= 0.3 is 0 Å². The maximum Gasteiger partial charge on any atom is 0.224 e. The number of nitriles is 1. The third-order valence-corrected chi connectivity index (χ3v) is 4.10. The van der Waals surface area contributed by atoms with Gasteiger partial charge in [0.05, 0.1) is 0 Å². The molecular formula is C17H16N6OS. The first-order chi connectivity index (χ1) is 12.0. The lowest BCUT2D eigenvalue weighted by Crippen LogP contribution is -2.07. The molecule has 0 aliphatic rings. The highest BCUT2D eigenvalue weighted by Gasteiger charge is 2.18. The van der Waals surface area contributed by atoms with E-state index in [1.54, 1.807) is 13.0 Å². The molecule has 25 heavy (non-hydrogen) atoms. The van der Waals surface area contributed by atoms with Crippen LogP contribution in [0.3, 0.4) is 0 Å². The second kappa shape index (κ2) is 6.83. The summed E-state index contributed by atoms with van der Waals surface area (Å²) >= 11 is 1.35. The summed E-state index contributed by atoms with van der Waals surface area (Å²) in [7, 11) is 0. The predicted molar refractivity (Wildman–Crippen MR) is 96.1 cm³/mol. The number of hydrogen-bond acceptors (Lipinski definition) is 7. The van der Waals surface area contributed by atoms with Crippen molar-refractivity contribution in [1.29, 1.82) is 5.26 Å². The van der Waals surface area contributed by atoms with Crippen molar-refractivity contribution < 1.29 is 4.74 Å². The van der Waals surface area contributed by atoms with Gasteiger partial charge < -0.3 is 10.5 Å². The van der Waals surface area contributed by atoms with Gasteiger partial charge in [-0.3, -0.25) is 0 Å². The summed E-state index contributed by atoms with van der Waals surface area (Å²) < 4.78 is 7.26. The first-order valence-electron chi connectivity index (χ1n) is 7.45. The summed E-state index contributed by atoms with van der Waals surface area (Å²) in [4.78, 5) is 8.66. The quantitative estimate of drug-likeness (QED) is 0.719. The molecular weight excluding hydrogens is 336 g/mol. The van der Waals surface area contributed by atoms with Crippen LogP contribution in [0.4, 0.5) is 5.82 Å². The van der Waals surface area contributed by atoms with Gasteiger partial charge in [-0.2, -0.15) is 20.0 Å². The highest BCUT2D eigenvalue weighted by atomic mass is 32.2. The number of aryl methyl sites for hydroxylation is 2. The van der Waals surface area contributed by atoms with E-state index in [9.17, 15) is 5.26 Å². The Morgan fingerprint density at radius 2 is 2.04 bits per heavy atom. The van der Waals surface area contributed by atoms with Crippen molar-refractivity contribution in [3.63, 3.8) is 0 Å². The van der Waals surface area contributed by atoms with Crippen molar-refractivity contribution in [2.45, 2.75) is 18.9 Å². The molecule has 0 fully saturated rings. The fraction of sp³-hybridized carbons (Fsp3) is 0.176. The molecule has 0 bridgehead atoms. The second-order valence-electron chi connectivity index (χ2n) is 5.32. The lowest BCUT2D eigenvalue weighted by atomic mass is 10.2. The van der Waals surface area contributed by atoms with Crippen LogP contribution in [0, 0.1) is 25.2 Å². The van der Waals surface area contributed by atoms with E-state index in [4.69, 9.17) is 10.5 Å². The van der Waals surface area contributed by atoms with Crippen molar-refractivity contribution in [1.82, 2.24) is 19.7 Å². The van der Waals surface area contributed by atoms with Crippen molar-refractivity contribution >= 4 is 17.6 Å². The Morgan fingerprint density at radius 1 is 1.24 bits per heavy atom. The zero-order chi connectivity index (χ0) is 18.0. The molecule has 0 aliphatic heterocycles. The molecule has 8 heteroatoms. The molecule has 0 atom stereocenters. The topological polar surface area (TPSA) is 103 Å². The Balaban J connectivity index is 2.03. The molecule has 2 aromatic heterocycles. The van der Waals surface area contributed by atoms with E-state index in [1.165, 1.54) is 16.4 Å². The molecule has 0 spiro atoms. The van der Waals surface area contributed by atoms with Crippen LogP contribution in [-0.2, 0) is 0 Å². The monoisotopic (exact) mass is 352 g/mol. The Morgan fingerprint density at radius 3 is 2.68 bits per heavy atom. The number of rotatable bonds is 4. The van der Waals surface area contributed by atoms with Gasteiger partial charge in [-0.25, -0.2) is 4.98 Å². The number of nitrogens with zero attached hydrogens (tertiary/aromatic N) is 5. The fourth-order valence-corrected chi connectivity index (χ4v) is 2.84. The summed E-state index contributed by atoms with van der Waals surface area (Å²) in [6, 6.07) is 11.4. The van der Waals surface area contributed by atoms with Crippen LogP contribution < -0.4 is 10.5 Å². The van der Waals surface area contributed by atoms with Crippen molar-refractivity contribution in [2.24, 2.45) is 0 Å². The smallest absolute Gasteiger partial charge is 0.224 e. The van der Waals surface area contributed by atoms with Crippen LogP contribution in [-0.4, -0.2) is 26.0 Å². The molecule has 0 saturated carbocycles. The number of anilines is 1. The summed E-state index contributed by atoms with van der Waals surface area (Å²) in [5.41, 5.74) is 7.48. The lowest BCUT2D eigenvalue weighted by molar-refractivity contribution is 0.458. The fourth-order valence-electron chi connectivity index (χ4n) is 2.32. The predicted octanol–water partition coefficient (Wildman–Crippen LogP) is 3.25. The van der Waals surface area contributed by atoms with Crippen LogP contribution in [0.1, 0.15) is 17.0 Å². The molecule has 126 valence electrons. The minimum Gasteiger partial charge on any atom is -0.439 e. The molecule has 0 unspecified atom stereocenters. The van der Waals surface area contributed by atoms with Crippen LogP contribution >= 0.6 is 11.8 Å². The number of nitrogen functional groups attached to an aromatic ring is 1. The molecule has 1 aromatic carbocycles. The van der Waals surface area contributed by atoms with E-state index < -0.39 is 0 Å². The molecule has 0 radical (unpaired) electrons. The SMILES string of the molecule is CSc1nn(-c2cc(Oc3cccc(C)c3)nc(C)n2)c(N)c1C#N. The summed E-state index contributed by atoms with van der Waals surface area (Å²) in [6.07, 6.45) is 1.84. The highest BCUT2D eigenvalue weighted by molar-refractivity contribution is 7.98. The Labute approximate surface area is 149 Å². The van der Waals surface area contributed by atoms with Crippen LogP contribution in [0.5, 0.6) is 11.6 Å². The van der Waals surface area contributed by atoms with E-state index in [0.717, 1.165) is 5.56 Å². The van der Waals surface area contributed by atoms with E-state index in [1.807, 2.05) is 37.4 Å².